The molecule has 2 heterocycles. The van der Waals surface area contributed by atoms with Crippen molar-refractivity contribution < 1.29 is 0 Å². The van der Waals surface area contributed by atoms with E-state index in [-0.39, 0.29) is 5.69 Å². The lowest BCUT2D eigenvalue weighted by Gasteiger charge is -1.98. The van der Waals surface area contributed by atoms with Crippen molar-refractivity contribution >= 4 is 5.82 Å². The SMILES string of the molecule is Cn1cnn(Cc2cnc(N)cn2)c1=O. The van der Waals surface area contributed by atoms with Crippen molar-refractivity contribution in [3.05, 3.63) is 34.9 Å². The Bertz CT molecular complexity index is 511. The van der Waals surface area contributed by atoms with Crippen LogP contribution in [0.2, 0.25) is 0 Å². The van der Waals surface area contributed by atoms with Gasteiger partial charge >= 0.3 is 5.69 Å². The number of rotatable bonds is 2. The molecule has 7 heteroatoms. The van der Waals surface area contributed by atoms with Gasteiger partial charge in [-0.1, -0.05) is 0 Å². The molecule has 0 bridgehead atoms. The van der Waals surface area contributed by atoms with E-state index in [1.165, 1.54) is 28.0 Å². The zero-order valence-corrected chi connectivity index (χ0v) is 8.16. The van der Waals surface area contributed by atoms with Gasteiger partial charge in [-0.3, -0.25) is 9.55 Å². The fourth-order valence-electron chi connectivity index (χ4n) is 1.13. The molecule has 0 radical (unpaired) electrons. The first-order valence-electron chi connectivity index (χ1n) is 4.31. The fraction of sp³-hybridized carbons (Fsp3) is 0.250. The highest BCUT2D eigenvalue weighted by atomic mass is 16.2. The number of nitrogens with zero attached hydrogens (tertiary/aromatic N) is 5. The lowest BCUT2D eigenvalue weighted by atomic mass is 10.4. The molecular weight excluding hydrogens is 196 g/mol. The van der Waals surface area contributed by atoms with Crippen LogP contribution in [0.3, 0.4) is 0 Å². The molecule has 0 amide bonds. The molecule has 7 nitrogen and oxygen atoms in total. The summed E-state index contributed by atoms with van der Waals surface area (Å²) in [6, 6.07) is 0. The van der Waals surface area contributed by atoms with Gasteiger partial charge in [0.25, 0.3) is 0 Å². The summed E-state index contributed by atoms with van der Waals surface area (Å²) in [5, 5.41) is 3.90. The molecule has 0 saturated carbocycles. The quantitative estimate of drug-likeness (QED) is 0.680. The summed E-state index contributed by atoms with van der Waals surface area (Å²) in [7, 11) is 1.64. The van der Waals surface area contributed by atoms with Crippen LogP contribution >= 0.6 is 0 Å². The van der Waals surface area contributed by atoms with Gasteiger partial charge in [-0.15, -0.1) is 0 Å². The van der Waals surface area contributed by atoms with Crippen LogP contribution in [-0.2, 0) is 13.6 Å². The summed E-state index contributed by atoms with van der Waals surface area (Å²) >= 11 is 0. The van der Waals surface area contributed by atoms with Crippen LogP contribution in [0.5, 0.6) is 0 Å². The average Bonchev–Trinajstić information content (AvgIpc) is 2.53. The van der Waals surface area contributed by atoms with Crippen molar-refractivity contribution in [2.24, 2.45) is 7.05 Å². The Kier molecular flexibility index (Phi) is 2.20. The first-order chi connectivity index (χ1) is 7.16. The standard InChI is InChI=1S/C8H10N6O/c1-13-5-12-14(8(13)15)4-6-2-11-7(9)3-10-6/h2-3,5H,4H2,1H3,(H2,9,11). The third kappa shape index (κ3) is 1.85. The number of nitrogen functional groups attached to an aromatic ring is 1. The molecule has 2 aromatic rings. The maximum atomic E-state index is 11.4. The molecular formula is C8H10N6O. The van der Waals surface area contributed by atoms with Gasteiger partial charge in [-0.25, -0.2) is 14.5 Å². The zero-order chi connectivity index (χ0) is 10.8. The minimum Gasteiger partial charge on any atom is -0.382 e. The lowest BCUT2D eigenvalue weighted by molar-refractivity contribution is 0.633. The van der Waals surface area contributed by atoms with Gasteiger partial charge in [0.15, 0.2) is 0 Å². The highest BCUT2D eigenvalue weighted by Gasteiger charge is 2.03. The van der Waals surface area contributed by atoms with Crippen molar-refractivity contribution in [2.75, 3.05) is 5.73 Å². The van der Waals surface area contributed by atoms with Crippen molar-refractivity contribution in [3.63, 3.8) is 0 Å². The minimum atomic E-state index is -0.186. The van der Waals surface area contributed by atoms with Gasteiger partial charge in [-0.2, -0.15) is 5.10 Å². The first kappa shape index (κ1) is 9.38. The number of nitrogens with two attached hydrogens (primary N) is 1. The van der Waals surface area contributed by atoms with Crippen LogP contribution in [0.15, 0.2) is 23.5 Å². The third-order valence-electron chi connectivity index (χ3n) is 1.92. The Hall–Kier alpha value is -2.18. The summed E-state index contributed by atoms with van der Waals surface area (Å²) in [4.78, 5) is 19.3. The van der Waals surface area contributed by atoms with Crippen molar-refractivity contribution in [3.8, 4) is 0 Å². The molecule has 0 atom stereocenters. The molecule has 0 unspecified atom stereocenters. The Morgan fingerprint density at radius 2 is 2.20 bits per heavy atom. The first-order valence-corrected chi connectivity index (χ1v) is 4.31. The van der Waals surface area contributed by atoms with E-state index in [0.29, 0.717) is 18.1 Å². The molecule has 2 rings (SSSR count). The van der Waals surface area contributed by atoms with E-state index in [9.17, 15) is 4.79 Å². The molecule has 78 valence electrons. The molecule has 0 aliphatic heterocycles. The number of hydrogen-bond donors (Lipinski definition) is 1. The van der Waals surface area contributed by atoms with Crippen LogP contribution < -0.4 is 11.4 Å². The smallest absolute Gasteiger partial charge is 0.345 e. The van der Waals surface area contributed by atoms with Crippen LogP contribution in [0, 0.1) is 0 Å². The van der Waals surface area contributed by atoms with Crippen molar-refractivity contribution in [2.45, 2.75) is 6.54 Å². The molecule has 2 aromatic heterocycles. The Balaban J connectivity index is 2.26. The van der Waals surface area contributed by atoms with Crippen LogP contribution in [0.25, 0.3) is 0 Å². The Morgan fingerprint density at radius 3 is 2.73 bits per heavy atom. The Labute approximate surface area is 85.2 Å². The van der Waals surface area contributed by atoms with E-state index >= 15 is 0 Å². The zero-order valence-electron chi connectivity index (χ0n) is 8.16. The second kappa shape index (κ2) is 3.52. The number of hydrogen-bond acceptors (Lipinski definition) is 5. The third-order valence-corrected chi connectivity index (χ3v) is 1.92. The molecule has 0 aromatic carbocycles. The molecule has 0 fully saturated rings. The van der Waals surface area contributed by atoms with Gasteiger partial charge in [0.2, 0.25) is 0 Å². The number of anilines is 1. The van der Waals surface area contributed by atoms with Crippen LogP contribution in [0.4, 0.5) is 5.82 Å². The van der Waals surface area contributed by atoms with Crippen LogP contribution in [0.1, 0.15) is 5.69 Å². The summed E-state index contributed by atoms with van der Waals surface area (Å²) in [5.74, 6) is 0.354. The highest BCUT2D eigenvalue weighted by Crippen LogP contribution is 1.96. The highest BCUT2D eigenvalue weighted by molar-refractivity contribution is 5.22. The predicted molar refractivity (Wildman–Crippen MR) is 53.0 cm³/mol. The monoisotopic (exact) mass is 206 g/mol. The summed E-state index contributed by atoms with van der Waals surface area (Å²) < 4.78 is 2.70. The van der Waals surface area contributed by atoms with Crippen molar-refractivity contribution in [1.82, 2.24) is 24.3 Å². The second-order valence-electron chi connectivity index (χ2n) is 3.11. The lowest BCUT2D eigenvalue weighted by Crippen LogP contribution is -2.23. The van der Waals surface area contributed by atoms with Gasteiger partial charge in [-0.05, 0) is 0 Å². The molecule has 0 aliphatic carbocycles. The number of aromatic nitrogens is 5. The number of aryl methyl sites for hydroxylation is 1. The minimum absolute atomic E-state index is 0.186. The molecule has 2 N–H and O–H groups in total. The van der Waals surface area contributed by atoms with E-state index in [1.54, 1.807) is 7.05 Å². The molecule has 15 heavy (non-hydrogen) atoms. The maximum Gasteiger partial charge on any atom is 0.345 e. The largest absolute Gasteiger partial charge is 0.382 e. The Morgan fingerprint density at radius 1 is 1.40 bits per heavy atom. The normalized spacial score (nSPS) is 10.5. The van der Waals surface area contributed by atoms with Crippen molar-refractivity contribution in [1.29, 1.82) is 0 Å². The van der Waals surface area contributed by atoms with Gasteiger partial charge in [0, 0.05) is 7.05 Å². The fourth-order valence-corrected chi connectivity index (χ4v) is 1.13. The van der Waals surface area contributed by atoms with Gasteiger partial charge in [0.1, 0.15) is 12.1 Å². The molecule has 0 spiro atoms. The van der Waals surface area contributed by atoms with E-state index < -0.39 is 0 Å². The van der Waals surface area contributed by atoms with Gasteiger partial charge in [0.05, 0.1) is 24.6 Å². The van der Waals surface area contributed by atoms with E-state index in [2.05, 4.69) is 15.1 Å². The van der Waals surface area contributed by atoms with E-state index in [4.69, 9.17) is 5.73 Å². The average molecular weight is 206 g/mol. The van der Waals surface area contributed by atoms with E-state index in [0.717, 1.165) is 0 Å². The predicted octanol–water partition coefficient (Wildman–Crippen LogP) is -0.998. The van der Waals surface area contributed by atoms with E-state index in [1.807, 2.05) is 0 Å². The van der Waals surface area contributed by atoms with Crippen LogP contribution in [-0.4, -0.2) is 24.3 Å². The summed E-state index contributed by atoms with van der Waals surface area (Å²) in [5.41, 5.74) is 5.85. The maximum absolute atomic E-state index is 11.4. The summed E-state index contributed by atoms with van der Waals surface area (Å²) in [6.07, 6.45) is 4.42. The topological polar surface area (TPSA) is 91.6 Å². The molecule has 0 saturated heterocycles. The second-order valence-corrected chi connectivity index (χ2v) is 3.11. The molecule has 0 aliphatic rings. The summed E-state index contributed by atoms with van der Waals surface area (Å²) in [6.45, 7) is 0.299. The van der Waals surface area contributed by atoms with Gasteiger partial charge < -0.3 is 5.73 Å².